The highest BCUT2D eigenvalue weighted by Crippen LogP contribution is 2.39. The average Bonchev–Trinajstić information content (AvgIpc) is 3.25. The molecule has 1 N–H and O–H groups in total. The van der Waals surface area contributed by atoms with Crippen LogP contribution in [0.5, 0.6) is 11.5 Å². The molecule has 1 aliphatic rings. The zero-order chi connectivity index (χ0) is 32.6. The Bertz CT molecular complexity index is 1650. The molecule has 234 valence electrons. The fourth-order valence-corrected chi connectivity index (χ4v) is 4.72. The maximum atomic E-state index is 15.2. The predicted molar refractivity (Wildman–Crippen MR) is 140 cm³/mol. The number of methoxy groups -OCH3 is 1. The van der Waals surface area contributed by atoms with Crippen LogP contribution < -0.4 is 19.9 Å². The first-order valence-electron chi connectivity index (χ1n) is 12.6. The molecule has 2 heterocycles. The van der Waals surface area contributed by atoms with E-state index in [1.807, 2.05) is 0 Å². The van der Waals surface area contributed by atoms with Gasteiger partial charge in [0, 0.05) is 48.1 Å². The molecule has 0 saturated carbocycles. The number of anilines is 1. The van der Waals surface area contributed by atoms with E-state index in [1.165, 1.54) is 6.92 Å². The van der Waals surface area contributed by atoms with E-state index < -0.39 is 83.4 Å². The third kappa shape index (κ3) is 6.44. The summed E-state index contributed by atoms with van der Waals surface area (Å²) in [6.07, 6.45) is -3.51. The fourth-order valence-electron chi connectivity index (χ4n) is 4.72. The van der Waals surface area contributed by atoms with Crippen molar-refractivity contribution in [2.75, 3.05) is 25.2 Å². The Morgan fingerprint density at radius 2 is 1.66 bits per heavy atom. The molecule has 2 amide bonds. The van der Waals surface area contributed by atoms with Crippen molar-refractivity contribution in [3.05, 3.63) is 87.3 Å². The van der Waals surface area contributed by atoms with Gasteiger partial charge in [-0.2, -0.15) is 8.78 Å². The highest BCUT2D eigenvalue weighted by Gasteiger charge is 2.45. The second-order valence-corrected chi connectivity index (χ2v) is 9.59. The normalized spacial score (nSPS) is 17.4. The van der Waals surface area contributed by atoms with Crippen molar-refractivity contribution in [1.29, 1.82) is 0 Å². The molecule has 9 nitrogen and oxygen atoms in total. The summed E-state index contributed by atoms with van der Waals surface area (Å²) in [6.45, 7) is -1.03. The number of carbonyl (C=O) groups is 2. The average molecular weight is 629 g/mol. The first kappa shape index (κ1) is 32.2. The lowest BCUT2D eigenvalue weighted by Crippen LogP contribution is -2.41. The van der Waals surface area contributed by atoms with Crippen molar-refractivity contribution in [3.63, 3.8) is 0 Å². The third-order valence-corrected chi connectivity index (χ3v) is 6.79. The summed E-state index contributed by atoms with van der Waals surface area (Å²) in [5, 5.41) is 9.08. The monoisotopic (exact) mass is 629 g/mol. The molecular formula is C28H22F7N3O6. The van der Waals surface area contributed by atoms with Gasteiger partial charge in [0.05, 0.1) is 13.0 Å². The number of aliphatic hydroxyl groups excluding tert-OH is 1. The van der Waals surface area contributed by atoms with Crippen LogP contribution in [0.1, 0.15) is 27.4 Å². The molecule has 16 heteroatoms. The van der Waals surface area contributed by atoms with Gasteiger partial charge in [0.25, 0.3) is 11.5 Å². The summed E-state index contributed by atoms with van der Waals surface area (Å²) < 4.78 is 105. The van der Waals surface area contributed by atoms with Crippen LogP contribution in [0.25, 0.3) is 0 Å². The minimum atomic E-state index is -4.98. The molecule has 1 unspecified atom stereocenters. The molecule has 1 fully saturated rings. The van der Waals surface area contributed by atoms with E-state index in [9.17, 15) is 36.3 Å². The number of pyridine rings is 1. The molecular weight excluding hydrogens is 607 g/mol. The Labute approximate surface area is 243 Å². The van der Waals surface area contributed by atoms with Crippen molar-refractivity contribution in [3.8, 4) is 11.5 Å². The first-order valence-corrected chi connectivity index (χ1v) is 12.6. The third-order valence-electron chi connectivity index (χ3n) is 6.79. The smallest absolute Gasteiger partial charge is 0.497 e. The van der Waals surface area contributed by atoms with Gasteiger partial charge in [-0.1, -0.05) is 0 Å². The van der Waals surface area contributed by atoms with Crippen LogP contribution in [0.15, 0.2) is 58.4 Å². The van der Waals surface area contributed by atoms with Crippen LogP contribution in [-0.2, 0) is 10.8 Å². The number of aliphatic hydroxyl groups is 1. The van der Waals surface area contributed by atoms with E-state index in [0.717, 1.165) is 60.7 Å². The Hall–Kier alpha value is -4.73. The van der Waals surface area contributed by atoms with Crippen molar-refractivity contribution in [2.24, 2.45) is 10.9 Å². The highest BCUT2D eigenvalue weighted by molar-refractivity contribution is 6.10. The molecule has 0 radical (unpaired) electrons. The summed E-state index contributed by atoms with van der Waals surface area (Å²) in [4.78, 5) is 43.8. The molecule has 1 saturated heterocycles. The molecule has 0 aliphatic carbocycles. The van der Waals surface area contributed by atoms with Crippen molar-refractivity contribution in [1.82, 2.24) is 4.57 Å². The molecule has 44 heavy (non-hydrogen) atoms. The van der Waals surface area contributed by atoms with Gasteiger partial charge in [0.2, 0.25) is 5.91 Å². The van der Waals surface area contributed by atoms with Gasteiger partial charge in [-0.25, -0.2) is 13.8 Å². The summed E-state index contributed by atoms with van der Waals surface area (Å²) in [5.41, 5.74) is -2.79. The zero-order valence-electron chi connectivity index (χ0n) is 22.7. The molecule has 0 bridgehead atoms. The number of nitrogens with zero attached hydrogens (tertiary/aromatic N) is 3. The zero-order valence-corrected chi connectivity index (χ0v) is 22.7. The van der Waals surface area contributed by atoms with Gasteiger partial charge in [-0.15, -0.1) is 13.2 Å². The number of benzene rings is 2. The summed E-state index contributed by atoms with van der Waals surface area (Å²) in [7, 11) is 1.16. The van der Waals surface area contributed by atoms with Gasteiger partial charge >= 0.3 is 12.4 Å². The number of halogens is 7. The number of alkyl halides is 5. The molecule has 3 aromatic rings. The predicted octanol–water partition coefficient (Wildman–Crippen LogP) is 4.54. The van der Waals surface area contributed by atoms with Crippen molar-refractivity contribution in [2.45, 2.75) is 25.3 Å². The van der Waals surface area contributed by atoms with Crippen molar-refractivity contribution < 1.29 is 54.9 Å². The number of hydrogen-bond acceptors (Lipinski definition) is 6. The van der Waals surface area contributed by atoms with Crippen LogP contribution in [0.4, 0.5) is 36.4 Å². The van der Waals surface area contributed by atoms with E-state index >= 15 is 8.78 Å². The minimum Gasteiger partial charge on any atom is -0.497 e. The number of aromatic nitrogens is 1. The van der Waals surface area contributed by atoms with Crippen LogP contribution in [0, 0.1) is 24.5 Å². The quantitative estimate of drug-likeness (QED) is 0.290. The number of carbonyl (C=O) groups excluding carboxylic acids is 2. The largest absolute Gasteiger partial charge is 0.573 e. The summed E-state index contributed by atoms with van der Waals surface area (Å²) in [6, 6.07) is 2.29. The second-order valence-electron chi connectivity index (χ2n) is 9.59. The van der Waals surface area contributed by atoms with Gasteiger partial charge in [-0.05, 0) is 42.8 Å². The highest BCUT2D eigenvalue weighted by atomic mass is 19.4. The molecule has 1 aliphatic heterocycles. The van der Waals surface area contributed by atoms with E-state index in [2.05, 4.69) is 9.73 Å². The maximum Gasteiger partial charge on any atom is 0.573 e. The van der Waals surface area contributed by atoms with Crippen LogP contribution in [0.2, 0.25) is 0 Å². The summed E-state index contributed by atoms with van der Waals surface area (Å²) >= 11 is 0. The lowest BCUT2D eigenvalue weighted by molar-refractivity contribution is -0.274. The standard InChI is InChI=1S/C28H22F7N3O6/c1-14-7-8-38(27(31,32)13-39)26(42)23(14)37-12-19(22-20(29)9-17(43-2)10-21(22)30)18(25(37)41)11-36-24(40)15-3-5-16(6-4-15)44-28(33,34)35/h3-11,18-19,39H,12-13H2,1-2H3/t18?,19-/m1/s1. The molecule has 4 rings (SSSR count). The van der Waals surface area contributed by atoms with Gasteiger partial charge in [0.15, 0.2) is 0 Å². The first-order chi connectivity index (χ1) is 20.6. The maximum absolute atomic E-state index is 15.2. The van der Waals surface area contributed by atoms with Crippen LogP contribution >= 0.6 is 0 Å². The number of aliphatic imine (C=N–C) groups is 1. The molecule has 2 atom stereocenters. The summed E-state index contributed by atoms with van der Waals surface area (Å²) in [5.74, 6) is -8.27. The number of rotatable bonds is 8. The lowest BCUT2D eigenvalue weighted by atomic mass is 9.88. The van der Waals surface area contributed by atoms with Crippen LogP contribution in [-0.4, -0.2) is 54.3 Å². The van der Waals surface area contributed by atoms with E-state index in [1.54, 1.807) is 0 Å². The minimum absolute atomic E-state index is 0.0394. The molecule has 2 aromatic carbocycles. The van der Waals surface area contributed by atoms with Gasteiger partial charge in [-0.3, -0.25) is 19.0 Å². The van der Waals surface area contributed by atoms with Gasteiger partial charge in [0.1, 0.15) is 35.4 Å². The number of amides is 2. The van der Waals surface area contributed by atoms with Crippen molar-refractivity contribution >= 4 is 23.7 Å². The Morgan fingerprint density at radius 1 is 1.05 bits per heavy atom. The van der Waals surface area contributed by atoms with Gasteiger partial charge < -0.3 is 19.5 Å². The number of hydrogen-bond donors (Lipinski definition) is 1. The molecule has 1 aromatic heterocycles. The number of aryl methyl sites for hydroxylation is 1. The Kier molecular flexibility index (Phi) is 8.86. The second kappa shape index (κ2) is 12.1. The lowest BCUT2D eigenvalue weighted by Gasteiger charge is -2.23. The number of ether oxygens (including phenoxy) is 2. The Balaban J connectivity index is 1.77. The SMILES string of the molecule is COc1cc(F)c([C@@H]2CN(c3c(C)ccn(C(F)(F)CO)c3=O)C(=O)C2C=NC(=O)c2ccc(OC(F)(F)F)cc2)c(F)c1. The molecule has 0 spiro atoms. The van der Waals surface area contributed by atoms with E-state index in [-0.39, 0.29) is 21.4 Å². The van der Waals surface area contributed by atoms with Crippen LogP contribution in [0.3, 0.4) is 0 Å². The fraction of sp³-hybridized carbons (Fsp3) is 0.286. The van der Waals surface area contributed by atoms with E-state index in [0.29, 0.717) is 6.20 Å². The Morgan fingerprint density at radius 3 is 2.20 bits per heavy atom. The van der Waals surface area contributed by atoms with E-state index in [4.69, 9.17) is 9.84 Å². The topological polar surface area (TPSA) is 110 Å².